The third-order valence-electron chi connectivity index (χ3n) is 11.1. The van der Waals surface area contributed by atoms with Crippen molar-refractivity contribution in [2.24, 2.45) is 17.8 Å². The molecule has 0 aromatic rings. The number of halogens is 5. The van der Waals surface area contributed by atoms with Gasteiger partial charge in [-0.15, -0.1) is 0 Å². The molecule has 0 aromatic carbocycles. The quantitative estimate of drug-likeness (QED) is 0.0534. The van der Waals surface area contributed by atoms with Crippen molar-refractivity contribution in [2.45, 2.75) is 172 Å². The first-order valence-corrected chi connectivity index (χ1v) is 21.1. The lowest BCUT2D eigenvalue weighted by atomic mass is 9.84. The van der Waals surface area contributed by atoms with Crippen LogP contribution < -0.4 is 31.9 Å². The number of hydrogen-bond acceptors (Lipinski definition) is 10. The smallest absolute Gasteiger partial charge is 0.461 e. The number of hydrogen-bond donors (Lipinski definition) is 9. The summed E-state index contributed by atoms with van der Waals surface area (Å²) in [6, 6.07) is -8.08. The minimum Gasteiger partial charge on any atom is -0.481 e. The summed E-state index contributed by atoms with van der Waals surface area (Å²) >= 11 is 0. The maximum Gasteiger partial charge on any atom is 0.461 e. The SMILES string of the molecule is CC[C@H](C)[C@H](NC(=O)[C@H](CC(C)C)NC(=O)[C@@H](CCC(=O)O)NC(=O)[C@H](CC(=O)O)NC(=O)CCC(=O)O)C(=O)N[C@@H](CC1CCCCC1)C(=O)NC1(C(=O)C(F)(F)C(F)(F)F)CC1. The Balaban J connectivity index is 2.39. The van der Waals surface area contributed by atoms with Crippen molar-refractivity contribution in [1.29, 1.82) is 0 Å². The van der Waals surface area contributed by atoms with Crippen molar-refractivity contribution < 1.29 is 85.2 Å². The molecule has 0 radical (unpaired) electrons. The molecule has 2 saturated carbocycles. The van der Waals surface area contributed by atoms with E-state index >= 15 is 0 Å². The van der Waals surface area contributed by atoms with E-state index in [0.717, 1.165) is 19.3 Å². The molecule has 0 spiro atoms. The van der Waals surface area contributed by atoms with Crippen LogP contribution >= 0.6 is 0 Å². The van der Waals surface area contributed by atoms with E-state index in [9.17, 15) is 80.1 Å². The first kappa shape index (κ1) is 54.7. The van der Waals surface area contributed by atoms with Crippen LogP contribution in [0.3, 0.4) is 0 Å². The second kappa shape index (κ2) is 24.0. The maximum absolute atomic E-state index is 14.1. The lowest BCUT2D eigenvalue weighted by molar-refractivity contribution is -0.270. The van der Waals surface area contributed by atoms with E-state index in [0.29, 0.717) is 12.8 Å². The Hall–Kier alpha value is -5.45. The molecular formula is C40H59F5N6O13. The highest BCUT2D eigenvalue weighted by atomic mass is 19.4. The summed E-state index contributed by atoms with van der Waals surface area (Å²) in [7, 11) is 0. The lowest BCUT2D eigenvalue weighted by Gasteiger charge is -2.32. The molecule has 362 valence electrons. The number of rotatable bonds is 27. The van der Waals surface area contributed by atoms with Crippen LogP contribution in [-0.2, 0) is 47.9 Å². The van der Waals surface area contributed by atoms with Gasteiger partial charge in [0.1, 0.15) is 35.7 Å². The molecule has 19 nitrogen and oxygen atoms in total. The number of alkyl halides is 5. The molecule has 0 unspecified atom stereocenters. The highest BCUT2D eigenvalue weighted by Crippen LogP contribution is 2.46. The van der Waals surface area contributed by atoms with Crippen LogP contribution in [0.25, 0.3) is 0 Å². The average Bonchev–Trinajstić information content (AvgIpc) is 3.98. The zero-order valence-electron chi connectivity index (χ0n) is 36.0. The van der Waals surface area contributed by atoms with Gasteiger partial charge in [0.25, 0.3) is 0 Å². The van der Waals surface area contributed by atoms with Gasteiger partial charge in [-0.3, -0.25) is 47.9 Å². The first-order valence-electron chi connectivity index (χ1n) is 21.1. The van der Waals surface area contributed by atoms with Crippen LogP contribution in [0, 0.1) is 17.8 Å². The molecule has 64 heavy (non-hydrogen) atoms. The summed E-state index contributed by atoms with van der Waals surface area (Å²) in [6.07, 6.45) is -7.21. The zero-order valence-corrected chi connectivity index (χ0v) is 36.0. The van der Waals surface area contributed by atoms with Gasteiger partial charge >= 0.3 is 30.0 Å². The molecule has 2 fully saturated rings. The summed E-state index contributed by atoms with van der Waals surface area (Å²) < 4.78 is 67.7. The molecule has 2 rings (SSSR count). The second-order valence-corrected chi connectivity index (χ2v) is 16.9. The Bertz CT molecular complexity index is 1740. The van der Waals surface area contributed by atoms with Crippen LogP contribution in [0.5, 0.6) is 0 Å². The molecule has 0 heterocycles. The van der Waals surface area contributed by atoms with Gasteiger partial charge < -0.3 is 47.2 Å². The number of carboxylic acid groups (broad SMARTS) is 3. The van der Waals surface area contributed by atoms with E-state index < -0.39 is 158 Å². The van der Waals surface area contributed by atoms with Gasteiger partial charge in [-0.25, -0.2) is 0 Å². The molecular weight excluding hydrogens is 867 g/mol. The molecule has 2 aliphatic rings. The fourth-order valence-corrected chi connectivity index (χ4v) is 7.15. The van der Waals surface area contributed by atoms with E-state index in [1.165, 1.54) is 0 Å². The molecule has 9 N–H and O–H groups in total. The highest BCUT2D eigenvalue weighted by Gasteiger charge is 2.71. The number of aliphatic carboxylic acids is 3. The largest absolute Gasteiger partial charge is 0.481 e. The Labute approximate surface area is 365 Å². The topological polar surface area (TPSA) is 304 Å². The van der Waals surface area contributed by atoms with Crippen LogP contribution in [0.4, 0.5) is 22.0 Å². The van der Waals surface area contributed by atoms with Crippen LogP contribution in [0.2, 0.25) is 0 Å². The number of Topliss-reactive ketones (excluding diaryl/α,β-unsaturated/α-hetero) is 1. The fourth-order valence-electron chi connectivity index (χ4n) is 7.15. The van der Waals surface area contributed by atoms with E-state index in [2.05, 4.69) is 26.6 Å². The summed E-state index contributed by atoms with van der Waals surface area (Å²) in [5.74, 6) is -20.4. The van der Waals surface area contributed by atoms with Crippen molar-refractivity contribution in [3.05, 3.63) is 0 Å². The minimum atomic E-state index is -6.22. The molecule has 0 bridgehead atoms. The number of ketones is 1. The Morgan fingerprint density at radius 1 is 0.625 bits per heavy atom. The van der Waals surface area contributed by atoms with Gasteiger partial charge in [0.05, 0.1) is 12.8 Å². The summed E-state index contributed by atoms with van der Waals surface area (Å²) in [4.78, 5) is 127. The number of carboxylic acids is 3. The fraction of sp³-hybridized carbons (Fsp3) is 0.750. The summed E-state index contributed by atoms with van der Waals surface area (Å²) in [5, 5.41) is 41.3. The molecule has 6 atom stereocenters. The van der Waals surface area contributed by atoms with Crippen molar-refractivity contribution in [3.8, 4) is 0 Å². The number of carbonyl (C=O) groups excluding carboxylic acids is 7. The van der Waals surface area contributed by atoms with E-state index in [1.807, 2.05) is 5.32 Å². The van der Waals surface area contributed by atoms with Crippen molar-refractivity contribution in [3.63, 3.8) is 0 Å². The highest BCUT2D eigenvalue weighted by molar-refractivity contribution is 6.02. The molecule has 0 saturated heterocycles. The van der Waals surface area contributed by atoms with Gasteiger partial charge in [-0.05, 0) is 49.9 Å². The van der Waals surface area contributed by atoms with Crippen LogP contribution in [0.15, 0.2) is 0 Å². The first-order chi connectivity index (χ1) is 29.6. The summed E-state index contributed by atoms with van der Waals surface area (Å²) in [5.41, 5.74) is -2.52. The van der Waals surface area contributed by atoms with Gasteiger partial charge in [-0.1, -0.05) is 66.2 Å². The Morgan fingerprint density at radius 2 is 1.16 bits per heavy atom. The third kappa shape index (κ3) is 16.9. The van der Waals surface area contributed by atoms with Crippen molar-refractivity contribution in [1.82, 2.24) is 31.9 Å². The Morgan fingerprint density at radius 3 is 1.66 bits per heavy atom. The number of nitrogens with one attached hydrogen (secondary N) is 6. The molecule has 6 amide bonds. The lowest BCUT2D eigenvalue weighted by Crippen LogP contribution is -2.62. The molecule has 24 heteroatoms. The predicted octanol–water partition coefficient (Wildman–Crippen LogP) is 2.09. The van der Waals surface area contributed by atoms with Gasteiger partial charge in [0.15, 0.2) is 0 Å². The number of carbonyl (C=O) groups is 10. The third-order valence-corrected chi connectivity index (χ3v) is 11.1. The second-order valence-electron chi connectivity index (χ2n) is 16.9. The average molecular weight is 927 g/mol. The Kier molecular flexibility index (Phi) is 20.5. The predicted molar refractivity (Wildman–Crippen MR) is 212 cm³/mol. The van der Waals surface area contributed by atoms with Crippen molar-refractivity contribution >= 4 is 59.1 Å². The number of amides is 6. The standard InChI is InChI=1S/C40H59F5N6O13/c1-5-21(4)31(36(63)49-25(18-22-9-7-6-8-10-22)35(62)51-38(15-16-38)37(64)39(41,42)40(43,44)45)50-34(61)24(17-20(2)3)48-32(59)23(11-13-28(53)54)47-33(60)26(19-30(57)58)46-27(52)12-14-29(55)56/h20-26,31H,5-19H2,1-4H3,(H,46,52)(H,47,60)(H,48,59)(H,49,63)(H,50,61)(H,51,62)(H,53,54)(H,55,56)(H,57,58)/t21-,23+,24-,25-,26-,31-/m0/s1. The minimum absolute atomic E-state index is 0.0759. The van der Waals surface area contributed by atoms with Gasteiger partial charge in [-0.2, -0.15) is 22.0 Å². The van der Waals surface area contributed by atoms with E-state index in [-0.39, 0.29) is 31.1 Å². The monoisotopic (exact) mass is 926 g/mol. The zero-order chi connectivity index (χ0) is 48.7. The van der Waals surface area contributed by atoms with Crippen molar-refractivity contribution in [2.75, 3.05) is 0 Å². The summed E-state index contributed by atoms with van der Waals surface area (Å²) in [6.45, 7) is 6.53. The van der Waals surface area contributed by atoms with Gasteiger partial charge in [0, 0.05) is 12.8 Å². The molecule has 2 aliphatic carbocycles. The van der Waals surface area contributed by atoms with E-state index in [1.54, 1.807) is 27.7 Å². The van der Waals surface area contributed by atoms with Gasteiger partial charge in [0.2, 0.25) is 41.2 Å². The van der Waals surface area contributed by atoms with E-state index in [4.69, 9.17) is 5.11 Å². The maximum atomic E-state index is 14.1. The molecule has 0 aliphatic heterocycles. The van der Waals surface area contributed by atoms with Crippen LogP contribution in [-0.4, -0.2) is 122 Å². The normalized spacial score (nSPS) is 17.8. The van der Waals surface area contributed by atoms with Crippen LogP contribution in [0.1, 0.15) is 124 Å². The molecule has 0 aromatic heterocycles.